The summed E-state index contributed by atoms with van der Waals surface area (Å²) in [5.41, 5.74) is 2.71. The largest absolute Gasteiger partial charge is 0.378 e. The minimum atomic E-state index is -0.573. The Morgan fingerprint density at radius 1 is 1.21 bits per heavy atom. The molecule has 3 saturated heterocycles. The van der Waals surface area contributed by atoms with E-state index in [0.29, 0.717) is 32.7 Å². The molecular formula is C20H24N4O4. The summed E-state index contributed by atoms with van der Waals surface area (Å²) >= 11 is 0. The van der Waals surface area contributed by atoms with E-state index < -0.39 is 6.04 Å². The molecule has 1 atom stereocenters. The quantitative estimate of drug-likeness (QED) is 0.691. The number of nitrogens with one attached hydrogen (secondary N) is 2. The number of morpholine rings is 1. The number of benzene rings is 1. The molecule has 1 aromatic rings. The number of carbonyl (C=O) groups excluding carboxylic acids is 3. The van der Waals surface area contributed by atoms with E-state index in [1.807, 2.05) is 18.2 Å². The van der Waals surface area contributed by atoms with Gasteiger partial charge < -0.3 is 15.0 Å². The second-order valence-corrected chi connectivity index (χ2v) is 8.15. The Kier molecular flexibility index (Phi) is 4.22. The fourth-order valence-electron chi connectivity index (χ4n) is 4.78. The van der Waals surface area contributed by atoms with Crippen molar-refractivity contribution in [3.05, 3.63) is 34.9 Å². The highest BCUT2D eigenvalue weighted by Gasteiger charge is 2.46. The summed E-state index contributed by atoms with van der Waals surface area (Å²) in [5, 5.41) is 5.70. The Bertz CT molecular complexity index is 851. The number of ether oxygens (including phenoxy) is 1. The van der Waals surface area contributed by atoms with E-state index in [1.165, 1.54) is 0 Å². The number of hydrogen-bond donors (Lipinski definition) is 2. The van der Waals surface area contributed by atoms with Gasteiger partial charge in [-0.25, -0.2) is 0 Å². The smallest absolute Gasteiger partial charge is 0.255 e. The van der Waals surface area contributed by atoms with Gasteiger partial charge in [0, 0.05) is 44.7 Å². The molecule has 4 aliphatic heterocycles. The molecule has 3 amide bonds. The number of rotatable bonds is 3. The second kappa shape index (κ2) is 6.65. The Labute approximate surface area is 163 Å². The highest BCUT2D eigenvalue weighted by atomic mass is 16.5. The molecule has 1 aromatic carbocycles. The number of piperidine rings is 1. The van der Waals surface area contributed by atoms with Crippen molar-refractivity contribution in [1.82, 2.24) is 20.4 Å². The zero-order chi connectivity index (χ0) is 19.3. The first-order chi connectivity index (χ1) is 13.6. The monoisotopic (exact) mass is 384 g/mol. The van der Waals surface area contributed by atoms with Crippen molar-refractivity contribution in [3.8, 4) is 0 Å². The fraction of sp³-hybridized carbons (Fsp3) is 0.550. The van der Waals surface area contributed by atoms with Gasteiger partial charge in [-0.2, -0.15) is 0 Å². The van der Waals surface area contributed by atoms with Crippen LogP contribution in [0.3, 0.4) is 0 Å². The standard InChI is InChI=1S/C20H24N4O4/c25-16-5-4-15(18(26)22-16)24-9-14-3-1-2-13(17(14)19(24)27)8-23-6-7-28-12-20(23)10-21-11-20/h1-3,15,21H,4-12H2,(H,22,25,26). The number of amides is 3. The molecule has 4 aliphatic rings. The Morgan fingerprint density at radius 2 is 2.07 bits per heavy atom. The summed E-state index contributed by atoms with van der Waals surface area (Å²) in [6, 6.07) is 5.39. The Morgan fingerprint density at radius 3 is 2.82 bits per heavy atom. The summed E-state index contributed by atoms with van der Waals surface area (Å²) in [6.45, 7) is 5.18. The van der Waals surface area contributed by atoms with Crippen LogP contribution >= 0.6 is 0 Å². The van der Waals surface area contributed by atoms with E-state index in [-0.39, 0.29) is 29.7 Å². The first-order valence-corrected chi connectivity index (χ1v) is 9.86. The van der Waals surface area contributed by atoms with Crippen LogP contribution in [0.15, 0.2) is 18.2 Å². The van der Waals surface area contributed by atoms with Crippen molar-refractivity contribution in [2.75, 3.05) is 32.8 Å². The highest BCUT2D eigenvalue weighted by Crippen LogP contribution is 2.33. The number of hydrogen-bond acceptors (Lipinski definition) is 6. The van der Waals surface area contributed by atoms with Gasteiger partial charge in [0.2, 0.25) is 11.8 Å². The van der Waals surface area contributed by atoms with Crippen LogP contribution in [-0.4, -0.2) is 72.0 Å². The molecule has 148 valence electrons. The minimum Gasteiger partial charge on any atom is -0.378 e. The molecule has 8 nitrogen and oxygen atoms in total. The molecule has 28 heavy (non-hydrogen) atoms. The van der Waals surface area contributed by atoms with E-state index in [4.69, 9.17) is 4.74 Å². The molecule has 2 N–H and O–H groups in total. The SMILES string of the molecule is O=C1CCC(N2Cc3cccc(CN4CCOCC45CNC5)c3C2=O)C(=O)N1. The summed E-state index contributed by atoms with van der Waals surface area (Å²) in [5.74, 6) is -0.737. The first-order valence-electron chi connectivity index (χ1n) is 9.86. The van der Waals surface area contributed by atoms with Gasteiger partial charge in [0.15, 0.2) is 0 Å². The zero-order valence-corrected chi connectivity index (χ0v) is 15.7. The summed E-state index contributed by atoms with van der Waals surface area (Å²) in [4.78, 5) is 41.0. The molecule has 0 bridgehead atoms. The van der Waals surface area contributed by atoms with Crippen molar-refractivity contribution in [2.24, 2.45) is 0 Å². The predicted molar refractivity (Wildman–Crippen MR) is 99.3 cm³/mol. The summed E-state index contributed by atoms with van der Waals surface area (Å²) < 4.78 is 5.70. The zero-order valence-electron chi connectivity index (χ0n) is 15.7. The van der Waals surface area contributed by atoms with Crippen LogP contribution in [0.2, 0.25) is 0 Å². The molecule has 0 aliphatic carbocycles. The van der Waals surface area contributed by atoms with Crippen LogP contribution < -0.4 is 10.6 Å². The van der Waals surface area contributed by atoms with Gasteiger partial charge in [-0.05, 0) is 17.5 Å². The van der Waals surface area contributed by atoms with Gasteiger partial charge in [0.1, 0.15) is 6.04 Å². The van der Waals surface area contributed by atoms with Crippen molar-refractivity contribution in [1.29, 1.82) is 0 Å². The summed E-state index contributed by atoms with van der Waals surface area (Å²) in [7, 11) is 0. The minimum absolute atomic E-state index is 0.0198. The van der Waals surface area contributed by atoms with Crippen molar-refractivity contribution >= 4 is 17.7 Å². The van der Waals surface area contributed by atoms with Crippen LogP contribution in [-0.2, 0) is 27.4 Å². The molecule has 5 rings (SSSR count). The normalized spacial score (nSPS) is 26.9. The second-order valence-electron chi connectivity index (χ2n) is 8.15. The van der Waals surface area contributed by atoms with Gasteiger partial charge >= 0.3 is 0 Å². The van der Waals surface area contributed by atoms with Gasteiger partial charge in [-0.3, -0.25) is 24.6 Å². The lowest BCUT2D eigenvalue weighted by Gasteiger charge is -2.53. The lowest BCUT2D eigenvalue weighted by molar-refractivity contribution is -0.136. The van der Waals surface area contributed by atoms with E-state index >= 15 is 0 Å². The maximum absolute atomic E-state index is 13.2. The molecule has 0 aromatic heterocycles. The number of imide groups is 1. The molecular weight excluding hydrogens is 360 g/mol. The maximum Gasteiger partial charge on any atom is 0.255 e. The molecule has 3 fully saturated rings. The highest BCUT2D eigenvalue weighted by molar-refractivity contribution is 6.05. The average Bonchev–Trinajstić information content (AvgIpc) is 2.98. The van der Waals surface area contributed by atoms with Crippen molar-refractivity contribution < 1.29 is 19.1 Å². The molecule has 1 spiro atoms. The molecule has 0 saturated carbocycles. The van der Waals surface area contributed by atoms with Crippen molar-refractivity contribution in [3.63, 3.8) is 0 Å². The third-order valence-electron chi connectivity index (χ3n) is 6.46. The van der Waals surface area contributed by atoms with Gasteiger partial charge in [-0.1, -0.05) is 18.2 Å². The Balaban J connectivity index is 1.40. The number of fused-ring (bicyclic) bond motifs is 1. The molecule has 4 heterocycles. The van der Waals surface area contributed by atoms with Crippen LogP contribution in [0.5, 0.6) is 0 Å². The van der Waals surface area contributed by atoms with Gasteiger partial charge in [0.25, 0.3) is 5.91 Å². The van der Waals surface area contributed by atoms with E-state index in [1.54, 1.807) is 4.90 Å². The van der Waals surface area contributed by atoms with E-state index in [9.17, 15) is 14.4 Å². The van der Waals surface area contributed by atoms with Crippen LogP contribution in [0.1, 0.15) is 34.3 Å². The maximum atomic E-state index is 13.2. The van der Waals surface area contributed by atoms with Gasteiger partial charge in [-0.15, -0.1) is 0 Å². The van der Waals surface area contributed by atoms with E-state index in [2.05, 4.69) is 15.5 Å². The Hall–Kier alpha value is -2.29. The van der Waals surface area contributed by atoms with Gasteiger partial charge in [0.05, 0.1) is 18.8 Å². The fourth-order valence-corrected chi connectivity index (χ4v) is 4.78. The number of carbonyl (C=O) groups is 3. The third-order valence-corrected chi connectivity index (χ3v) is 6.46. The van der Waals surface area contributed by atoms with E-state index in [0.717, 1.165) is 36.3 Å². The lowest BCUT2D eigenvalue weighted by Crippen LogP contribution is -2.73. The lowest BCUT2D eigenvalue weighted by atomic mass is 9.89. The molecule has 1 unspecified atom stereocenters. The predicted octanol–water partition coefficient (Wildman–Crippen LogP) is -0.378. The average molecular weight is 384 g/mol. The van der Waals surface area contributed by atoms with Crippen LogP contribution in [0.25, 0.3) is 0 Å². The summed E-state index contributed by atoms with van der Waals surface area (Å²) in [6.07, 6.45) is 0.657. The van der Waals surface area contributed by atoms with Crippen LogP contribution in [0, 0.1) is 0 Å². The number of nitrogens with zero attached hydrogens (tertiary/aromatic N) is 2. The first kappa shape index (κ1) is 17.8. The molecule has 0 radical (unpaired) electrons. The van der Waals surface area contributed by atoms with Crippen LogP contribution in [0.4, 0.5) is 0 Å². The van der Waals surface area contributed by atoms with Crippen molar-refractivity contribution in [2.45, 2.75) is 37.5 Å². The topological polar surface area (TPSA) is 91.0 Å². The molecule has 8 heteroatoms. The third kappa shape index (κ3) is 2.75.